The second-order valence-electron chi connectivity index (χ2n) is 6.22. The van der Waals surface area contributed by atoms with Gasteiger partial charge in [0.25, 0.3) is 0 Å². The van der Waals surface area contributed by atoms with Gasteiger partial charge in [-0.1, -0.05) is 25.4 Å². The molecule has 1 aliphatic heterocycles. The van der Waals surface area contributed by atoms with Gasteiger partial charge >= 0.3 is 0 Å². The Morgan fingerprint density at radius 3 is 2.59 bits per heavy atom. The Hall–Kier alpha value is -1.22. The van der Waals surface area contributed by atoms with Crippen LogP contribution in [0.4, 0.5) is 16.2 Å². The fraction of sp³-hybridized carbons (Fsp3) is 0.556. The molecule has 2 aromatic rings. The van der Waals surface area contributed by atoms with Gasteiger partial charge in [0.1, 0.15) is 11.3 Å². The highest BCUT2D eigenvalue weighted by Crippen LogP contribution is 2.35. The van der Waals surface area contributed by atoms with Gasteiger partial charge < -0.3 is 20.4 Å². The number of piperazine rings is 1. The van der Waals surface area contributed by atoms with Gasteiger partial charge in [-0.15, -0.1) is 0 Å². The van der Waals surface area contributed by atoms with Crippen molar-refractivity contribution in [2.45, 2.75) is 13.8 Å². The molecule has 0 aliphatic carbocycles. The topological polar surface area (TPSA) is 56.3 Å². The number of hydrogen-bond donors (Lipinski definition) is 2. The average Bonchev–Trinajstić information content (AvgIpc) is 2.68. The average molecular weight is 462 g/mol. The van der Waals surface area contributed by atoms with E-state index >= 15 is 0 Å². The van der Waals surface area contributed by atoms with Crippen LogP contribution in [-0.4, -0.2) is 68.2 Å². The van der Waals surface area contributed by atoms with E-state index in [0.717, 1.165) is 32.7 Å². The molecule has 1 aromatic heterocycles. The number of nitrogens with zero attached hydrogens (tertiary/aromatic N) is 4. The minimum Gasteiger partial charge on any atom is -0.353 e. The number of hydrogen-bond acceptors (Lipinski definition) is 6. The summed E-state index contributed by atoms with van der Waals surface area (Å²) >= 11 is 9.37. The number of aromatic nitrogens is 2. The van der Waals surface area contributed by atoms with Crippen molar-refractivity contribution in [3.8, 4) is 0 Å². The normalized spacial score (nSPS) is 14.3. The lowest BCUT2D eigenvalue weighted by molar-refractivity contribution is 0.425. The van der Waals surface area contributed by atoms with Gasteiger partial charge in [-0.05, 0) is 36.1 Å². The Kier molecular flexibility index (Phi) is 8.47. The Balaban J connectivity index is 0.00000126. The molecular weight excluding hydrogens is 435 g/mol. The molecule has 2 heterocycles. The summed E-state index contributed by atoms with van der Waals surface area (Å²) in [6, 6.07) is 1.73. The minimum atomic E-state index is -0.461. The molecule has 0 atom stereocenters. The molecule has 3 rings (SSSR count). The lowest BCUT2D eigenvalue weighted by Gasteiger charge is -2.29. The standard InChI is InChI=1S/C16H21BrClFN6.C2H6/c1-24(2)6-5-21-16-22-14-10(9-11(18)12(17)13(14)19)15(23-16)25-7-3-20-4-8-25;1-2/h9,20H,3-8H2,1-2H3,(H,21,22,23);1-2H3. The zero-order valence-electron chi connectivity index (χ0n) is 16.2. The zero-order chi connectivity index (χ0) is 20.0. The SMILES string of the molecule is CC.CN(C)CCNc1nc(N2CCNCC2)c2cc(Cl)c(Br)c(F)c2n1. The van der Waals surface area contributed by atoms with Crippen LogP contribution in [0.1, 0.15) is 13.8 Å². The first-order chi connectivity index (χ1) is 13.0. The van der Waals surface area contributed by atoms with E-state index in [2.05, 4.69) is 46.3 Å². The summed E-state index contributed by atoms with van der Waals surface area (Å²) in [5.41, 5.74) is 0.271. The largest absolute Gasteiger partial charge is 0.353 e. The van der Waals surface area contributed by atoms with E-state index in [-0.39, 0.29) is 9.99 Å². The van der Waals surface area contributed by atoms with Crippen molar-refractivity contribution in [3.63, 3.8) is 0 Å². The molecule has 1 fully saturated rings. The molecule has 0 spiro atoms. The number of benzene rings is 1. The molecule has 1 saturated heterocycles. The Labute approximate surface area is 173 Å². The van der Waals surface area contributed by atoms with E-state index in [1.54, 1.807) is 6.07 Å². The first kappa shape index (κ1) is 22.1. The third-order valence-corrected chi connectivity index (χ3v) is 5.37. The molecule has 1 aliphatic rings. The second kappa shape index (κ2) is 10.4. The summed E-state index contributed by atoms with van der Waals surface area (Å²) in [6.07, 6.45) is 0. The van der Waals surface area contributed by atoms with Crippen LogP contribution in [0.25, 0.3) is 10.9 Å². The van der Waals surface area contributed by atoms with Gasteiger partial charge in [-0.25, -0.2) is 9.37 Å². The highest BCUT2D eigenvalue weighted by atomic mass is 79.9. The van der Waals surface area contributed by atoms with Crippen molar-refractivity contribution in [1.29, 1.82) is 0 Å². The van der Waals surface area contributed by atoms with Crippen molar-refractivity contribution in [3.05, 3.63) is 21.4 Å². The number of likely N-dealkylation sites (N-methyl/N-ethyl adjacent to an activating group) is 1. The van der Waals surface area contributed by atoms with Gasteiger partial charge in [0, 0.05) is 44.7 Å². The van der Waals surface area contributed by atoms with Crippen LogP contribution in [0.5, 0.6) is 0 Å². The van der Waals surface area contributed by atoms with Crippen molar-refractivity contribution < 1.29 is 4.39 Å². The molecule has 150 valence electrons. The fourth-order valence-corrected chi connectivity index (χ4v) is 3.24. The first-order valence-corrected chi connectivity index (χ1v) is 10.3. The highest BCUT2D eigenvalue weighted by molar-refractivity contribution is 9.10. The van der Waals surface area contributed by atoms with E-state index in [9.17, 15) is 4.39 Å². The van der Waals surface area contributed by atoms with E-state index in [4.69, 9.17) is 11.6 Å². The number of anilines is 2. The molecule has 0 radical (unpaired) electrons. The Morgan fingerprint density at radius 1 is 1.30 bits per heavy atom. The summed E-state index contributed by atoms with van der Waals surface area (Å²) < 4.78 is 15.0. The number of nitrogens with one attached hydrogen (secondary N) is 2. The molecule has 0 unspecified atom stereocenters. The van der Waals surface area contributed by atoms with Crippen LogP contribution in [-0.2, 0) is 0 Å². The molecule has 1 aromatic carbocycles. The third kappa shape index (κ3) is 5.40. The maximum atomic E-state index is 14.7. The van der Waals surface area contributed by atoms with Gasteiger partial charge in [-0.2, -0.15) is 4.98 Å². The maximum Gasteiger partial charge on any atom is 0.225 e. The van der Waals surface area contributed by atoms with Crippen molar-refractivity contribution >= 4 is 50.2 Å². The number of rotatable bonds is 5. The monoisotopic (exact) mass is 460 g/mol. The highest BCUT2D eigenvalue weighted by Gasteiger charge is 2.21. The summed E-state index contributed by atoms with van der Waals surface area (Å²) in [5, 5.41) is 7.45. The first-order valence-electron chi connectivity index (χ1n) is 9.17. The van der Waals surface area contributed by atoms with Crippen LogP contribution < -0.4 is 15.5 Å². The fourth-order valence-electron chi connectivity index (χ4n) is 2.74. The smallest absolute Gasteiger partial charge is 0.225 e. The molecule has 27 heavy (non-hydrogen) atoms. The summed E-state index contributed by atoms with van der Waals surface area (Å²) in [6.45, 7) is 8.84. The Bertz CT molecular complexity index is 767. The van der Waals surface area contributed by atoms with Crippen LogP contribution in [0.15, 0.2) is 10.5 Å². The Morgan fingerprint density at radius 2 is 1.96 bits per heavy atom. The number of halogens is 3. The molecule has 2 N–H and O–H groups in total. The van der Waals surface area contributed by atoms with Gasteiger partial charge in [0.05, 0.1) is 9.50 Å². The van der Waals surface area contributed by atoms with E-state index in [1.807, 2.05) is 27.9 Å². The van der Waals surface area contributed by atoms with Crippen molar-refractivity contribution in [2.75, 3.05) is 63.6 Å². The lowest BCUT2D eigenvalue weighted by Crippen LogP contribution is -2.44. The summed E-state index contributed by atoms with van der Waals surface area (Å²) in [7, 11) is 3.99. The quantitative estimate of drug-likeness (QED) is 0.664. The van der Waals surface area contributed by atoms with Gasteiger partial charge in [0.2, 0.25) is 5.95 Å². The second-order valence-corrected chi connectivity index (χ2v) is 7.42. The van der Waals surface area contributed by atoms with Crippen LogP contribution in [0.2, 0.25) is 5.02 Å². The van der Waals surface area contributed by atoms with E-state index < -0.39 is 5.82 Å². The van der Waals surface area contributed by atoms with E-state index in [0.29, 0.717) is 28.7 Å². The predicted octanol–water partition coefficient (Wildman–Crippen LogP) is 3.59. The van der Waals surface area contributed by atoms with Crippen molar-refractivity contribution in [1.82, 2.24) is 20.2 Å². The van der Waals surface area contributed by atoms with Crippen LogP contribution in [0, 0.1) is 5.82 Å². The molecule has 0 amide bonds. The lowest BCUT2D eigenvalue weighted by atomic mass is 10.2. The summed E-state index contributed by atoms with van der Waals surface area (Å²) in [5.74, 6) is 0.681. The van der Waals surface area contributed by atoms with E-state index in [1.165, 1.54) is 0 Å². The molecule has 6 nitrogen and oxygen atoms in total. The zero-order valence-corrected chi connectivity index (χ0v) is 18.6. The predicted molar refractivity (Wildman–Crippen MR) is 116 cm³/mol. The summed E-state index contributed by atoms with van der Waals surface area (Å²) in [4.78, 5) is 13.2. The molecule has 0 saturated carbocycles. The minimum absolute atomic E-state index is 0.228. The van der Waals surface area contributed by atoms with Crippen molar-refractivity contribution in [2.24, 2.45) is 0 Å². The third-order valence-electron chi connectivity index (χ3n) is 4.07. The van der Waals surface area contributed by atoms with Gasteiger partial charge in [0.15, 0.2) is 5.82 Å². The molecular formula is C18H27BrClFN6. The number of fused-ring (bicyclic) bond motifs is 1. The maximum absolute atomic E-state index is 14.7. The van der Waals surface area contributed by atoms with Gasteiger partial charge in [-0.3, -0.25) is 0 Å². The van der Waals surface area contributed by atoms with Crippen LogP contribution in [0.3, 0.4) is 0 Å². The molecule has 9 heteroatoms. The van der Waals surface area contributed by atoms with Crippen LogP contribution >= 0.6 is 27.5 Å². The molecule has 0 bridgehead atoms.